The normalized spacial score (nSPS) is 12.2. The number of ether oxygens (including phenoxy) is 1. The van der Waals surface area contributed by atoms with Crippen LogP contribution >= 0.6 is 0 Å². The highest BCUT2D eigenvalue weighted by molar-refractivity contribution is 5.31. The summed E-state index contributed by atoms with van der Waals surface area (Å²) in [7, 11) is 1.50. The van der Waals surface area contributed by atoms with E-state index in [4.69, 9.17) is 10.6 Å². The smallest absolute Gasteiger partial charge is 0.142 e. The maximum absolute atomic E-state index is 13.7. The maximum atomic E-state index is 13.7. The Bertz CT molecular complexity index is 572. The average Bonchev–Trinajstić information content (AvgIpc) is 2.47. The number of methoxy groups -OCH3 is 1. The summed E-state index contributed by atoms with van der Waals surface area (Å²) in [4.78, 5) is 4.16. The lowest BCUT2D eigenvalue weighted by Crippen LogP contribution is -2.31. The summed E-state index contributed by atoms with van der Waals surface area (Å²) in [5.74, 6) is 4.77. The molecule has 0 saturated carbocycles. The summed E-state index contributed by atoms with van der Waals surface area (Å²) in [5.41, 5.74) is 2.98. The minimum absolute atomic E-state index is 0.0301. The van der Waals surface area contributed by atoms with Crippen molar-refractivity contribution < 1.29 is 13.5 Å². The second kappa shape index (κ2) is 6.40. The average molecular weight is 279 g/mol. The standard InChI is InChI=1S/C14H15F2N3O/c1-20-13-6-3-7-18-14(13)12(19-17)8-9-10(15)4-2-5-11(9)16/h2-7,12,19H,8,17H2,1H3. The molecule has 0 aliphatic carbocycles. The van der Waals surface area contributed by atoms with E-state index in [2.05, 4.69) is 10.4 Å². The molecule has 1 aromatic heterocycles. The van der Waals surface area contributed by atoms with Crippen LogP contribution < -0.4 is 16.0 Å². The van der Waals surface area contributed by atoms with E-state index in [0.29, 0.717) is 11.4 Å². The zero-order valence-corrected chi connectivity index (χ0v) is 10.9. The lowest BCUT2D eigenvalue weighted by molar-refractivity contribution is 0.392. The maximum Gasteiger partial charge on any atom is 0.142 e. The number of hydrogen-bond donors (Lipinski definition) is 2. The zero-order chi connectivity index (χ0) is 14.5. The van der Waals surface area contributed by atoms with Crippen molar-refractivity contribution in [1.29, 1.82) is 0 Å². The van der Waals surface area contributed by atoms with Crippen LogP contribution in [-0.2, 0) is 6.42 Å². The molecule has 0 amide bonds. The number of nitrogens with two attached hydrogens (primary N) is 1. The molecule has 1 aromatic carbocycles. The zero-order valence-electron chi connectivity index (χ0n) is 10.9. The monoisotopic (exact) mass is 279 g/mol. The van der Waals surface area contributed by atoms with Crippen LogP contribution in [0.5, 0.6) is 5.75 Å². The topological polar surface area (TPSA) is 60.2 Å². The molecule has 0 aliphatic rings. The Labute approximate surface area is 115 Å². The van der Waals surface area contributed by atoms with Crippen LogP contribution in [0.15, 0.2) is 36.5 Å². The largest absolute Gasteiger partial charge is 0.495 e. The SMILES string of the molecule is COc1cccnc1C(Cc1c(F)cccc1F)NN. The van der Waals surface area contributed by atoms with Crippen LogP contribution in [0.4, 0.5) is 8.78 Å². The van der Waals surface area contributed by atoms with Crippen molar-refractivity contribution in [3.63, 3.8) is 0 Å². The highest BCUT2D eigenvalue weighted by Crippen LogP contribution is 2.26. The molecule has 0 aliphatic heterocycles. The number of halogens is 2. The van der Waals surface area contributed by atoms with E-state index in [1.165, 1.54) is 25.3 Å². The number of hydrazine groups is 1. The molecule has 0 bridgehead atoms. The van der Waals surface area contributed by atoms with E-state index >= 15 is 0 Å². The van der Waals surface area contributed by atoms with Crippen molar-refractivity contribution in [3.8, 4) is 5.75 Å². The van der Waals surface area contributed by atoms with Gasteiger partial charge in [0.2, 0.25) is 0 Å². The molecule has 1 atom stereocenters. The molecule has 106 valence electrons. The first-order valence-corrected chi connectivity index (χ1v) is 6.05. The minimum atomic E-state index is -0.611. The summed E-state index contributed by atoms with van der Waals surface area (Å²) in [6.07, 6.45) is 1.60. The summed E-state index contributed by atoms with van der Waals surface area (Å²) in [6, 6.07) is 6.60. The van der Waals surface area contributed by atoms with Gasteiger partial charge >= 0.3 is 0 Å². The molecule has 0 radical (unpaired) electrons. The summed E-state index contributed by atoms with van der Waals surface area (Å²) in [6.45, 7) is 0. The third-order valence-electron chi connectivity index (χ3n) is 3.02. The van der Waals surface area contributed by atoms with Gasteiger partial charge in [-0.3, -0.25) is 16.3 Å². The molecule has 1 heterocycles. The van der Waals surface area contributed by atoms with Crippen LogP contribution in [0.25, 0.3) is 0 Å². The van der Waals surface area contributed by atoms with Gasteiger partial charge in [0.15, 0.2) is 0 Å². The molecule has 2 rings (SSSR count). The van der Waals surface area contributed by atoms with E-state index in [-0.39, 0.29) is 12.0 Å². The number of benzene rings is 1. The van der Waals surface area contributed by atoms with Gasteiger partial charge in [0.25, 0.3) is 0 Å². The van der Waals surface area contributed by atoms with Crippen molar-refractivity contribution >= 4 is 0 Å². The predicted octanol–water partition coefficient (Wildman–Crippen LogP) is 2.12. The van der Waals surface area contributed by atoms with Gasteiger partial charge in [0.05, 0.1) is 13.2 Å². The Balaban J connectivity index is 2.34. The van der Waals surface area contributed by atoms with Gasteiger partial charge in [-0.1, -0.05) is 6.07 Å². The van der Waals surface area contributed by atoms with Crippen LogP contribution in [-0.4, -0.2) is 12.1 Å². The van der Waals surface area contributed by atoms with E-state index < -0.39 is 17.7 Å². The Morgan fingerprint density at radius 2 is 1.95 bits per heavy atom. The van der Waals surface area contributed by atoms with E-state index in [0.717, 1.165) is 0 Å². The number of nitrogens with one attached hydrogen (secondary N) is 1. The van der Waals surface area contributed by atoms with E-state index in [1.54, 1.807) is 18.3 Å². The van der Waals surface area contributed by atoms with E-state index in [1.807, 2.05) is 0 Å². The number of hydrogen-bond acceptors (Lipinski definition) is 4. The number of nitrogens with zero attached hydrogens (tertiary/aromatic N) is 1. The van der Waals surface area contributed by atoms with E-state index in [9.17, 15) is 8.78 Å². The fourth-order valence-electron chi connectivity index (χ4n) is 2.00. The first-order chi connectivity index (χ1) is 9.67. The first kappa shape index (κ1) is 14.4. The molecule has 4 nitrogen and oxygen atoms in total. The highest BCUT2D eigenvalue weighted by Gasteiger charge is 2.20. The molecule has 3 N–H and O–H groups in total. The van der Waals surface area contributed by atoms with Crippen LogP contribution in [0, 0.1) is 11.6 Å². The van der Waals surface area contributed by atoms with Crippen molar-refractivity contribution in [2.24, 2.45) is 5.84 Å². The Hall–Kier alpha value is -2.05. The molecule has 0 fully saturated rings. The summed E-state index contributed by atoms with van der Waals surface area (Å²) >= 11 is 0. The minimum Gasteiger partial charge on any atom is -0.495 e. The van der Waals surface area contributed by atoms with Gasteiger partial charge in [0.1, 0.15) is 23.1 Å². The highest BCUT2D eigenvalue weighted by atomic mass is 19.1. The van der Waals surface area contributed by atoms with Crippen LogP contribution in [0.1, 0.15) is 17.3 Å². The second-order valence-corrected chi connectivity index (χ2v) is 4.21. The Morgan fingerprint density at radius 1 is 1.25 bits per heavy atom. The van der Waals surface area contributed by atoms with Crippen LogP contribution in [0.3, 0.4) is 0 Å². The van der Waals surface area contributed by atoms with Gasteiger partial charge in [-0.2, -0.15) is 0 Å². The van der Waals surface area contributed by atoms with Crippen molar-refractivity contribution in [2.45, 2.75) is 12.5 Å². The first-order valence-electron chi connectivity index (χ1n) is 6.05. The molecule has 6 heteroatoms. The number of pyridine rings is 1. The fraction of sp³-hybridized carbons (Fsp3) is 0.214. The second-order valence-electron chi connectivity index (χ2n) is 4.21. The summed E-state index contributed by atoms with van der Waals surface area (Å²) < 4.78 is 32.6. The Morgan fingerprint density at radius 3 is 2.55 bits per heavy atom. The molecule has 20 heavy (non-hydrogen) atoms. The van der Waals surface area contributed by atoms with Crippen molar-refractivity contribution in [1.82, 2.24) is 10.4 Å². The quantitative estimate of drug-likeness (QED) is 0.650. The lowest BCUT2D eigenvalue weighted by Gasteiger charge is -2.18. The fourth-order valence-corrected chi connectivity index (χ4v) is 2.00. The third kappa shape index (κ3) is 2.92. The molecule has 0 spiro atoms. The van der Waals surface area contributed by atoms with Gasteiger partial charge in [-0.05, 0) is 24.3 Å². The molecule has 2 aromatic rings. The van der Waals surface area contributed by atoms with Crippen LogP contribution in [0.2, 0.25) is 0 Å². The molecule has 1 unspecified atom stereocenters. The van der Waals surface area contributed by atoms with Gasteiger partial charge in [-0.15, -0.1) is 0 Å². The van der Waals surface area contributed by atoms with Crippen molar-refractivity contribution in [3.05, 3.63) is 59.4 Å². The Kier molecular flexibility index (Phi) is 4.60. The van der Waals surface area contributed by atoms with Gasteiger partial charge < -0.3 is 4.74 Å². The number of rotatable bonds is 5. The van der Waals surface area contributed by atoms with Crippen molar-refractivity contribution in [2.75, 3.05) is 7.11 Å². The molecular formula is C14H15F2N3O. The predicted molar refractivity (Wildman–Crippen MR) is 70.9 cm³/mol. The molecule has 0 saturated heterocycles. The number of aromatic nitrogens is 1. The lowest BCUT2D eigenvalue weighted by atomic mass is 10.0. The third-order valence-corrected chi connectivity index (χ3v) is 3.02. The van der Waals surface area contributed by atoms with Gasteiger partial charge in [0, 0.05) is 18.2 Å². The summed E-state index contributed by atoms with van der Waals surface area (Å²) in [5, 5.41) is 0. The van der Waals surface area contributed by atoms with Gasteiger partial charge in [-0.25, -0.2) is 8.78 Å². The molecular weight excluding hydrogens is 264 g/mol.